The lowest BCUT2D eigenvalue weighted by molar-refractivity contribution is 0.0268. The van der Waals surface area contributed by atoms with Crippen LogP contribution < -0.4 is 16.0 Å². The molecule has 0 aliphatic carbocycles. The standard InChI is InChI=1S/C16H25BrN4O2.HI/c1-16(2,23-4)11-21-15(18-3)20-9-8-19-14(22)12-6-5-7-13(17)10-12;/h5-7,10H,8-9,11H2,1-4H3,(H,19,22)(H2,18,20,21);1H. The Morgan fingerprint density at radius 2 is 1.92 bits per heavy atom. The number of halogens is 2. The topological polar surface area (TPSA) is 74.8 Å². The minimum Gasteiger partial charge on any atom is -0.377 e. The molecule has 1 aromatic carbocycles. The van der Waals surface area contributed by atoms with E-state index in [0.29, 0.717) is 31.2 Å². The van der Waals surface area contributed by atoms with Gasteiger partial charge < -0.3 is 20.7 Å². The number of guanidine groups is 1. The van der Waals surface area contributed by atoms with E-state index in [1.807, 2.05) is 26.0 Å². The number of hydrogen-bond acceptors (Lipinski definition) is 3. The van der Waals surface area contributed by atoms with Gasteiger partial charge in [0.2, 0.25) is 0 Å². The molecule has 0 heterocycles. The second-order valence-electron chi connectivity index (χ2n) is 5.58. The predicted molar refractivity (Wildman–Crippen MR) is 112 cm³/mol. The van der Waals surface area contributed by atoms with Gasteiger partial charge in [-0.25, -0.2) is 0 Å². The highest BCUT2D eigenvalue weighted by Gasteiger charge is 2.16. The minimum atomic E-state index is -0.271. The Kier molecular flexibility index (Phi) is 11.2. The number of nitrogens with one attached hydrogen (secondary N) is 3. The summed E-state index contributed by atoms with van der Waals surface area (Å²) in [7, 11) is 3.38. The maximum atomic E-state index is 12.0. The molecule has 0 radical (unpaired) electrons. The number of carbonyl (C=O) groups excluding carboxylic acids is 1. The van der Waals surface area contributed by atoms with Crippen LogP contribution in [-0.4, -0.2) is 51.3 Å². The molecule has 3 N–H and O–H groups in total. The van der Waals surface area contributed by atoms with E-state index in [-0.39, 0.29) is 35.5 Å². The minimum absolute atomic E-state index is 0. The highest BCUT2D eigenvalue weighted by Crippen LogP contribution is 2.11. The van der Waals surface area contributed by atoms with Crippen LogP contribution in [0.15, 0.2) is 33.7 Å². The first-order chi connectivity index (χ1) is 10.9. The fourth-order valence-corrected chi connectivity index (χ4v) is 2.08. The van der Waals surface area contributed by atoms with E-state index in [9.17, 15) is 4.79 Å². The van der Waals surface area contributed by atoms with Gasteiger partial charge in [0.15, 0.2) is 5.96 Å². The summed E-state index contributed by atoms with van der Waals surface area (Å²) in [5, 5.41) is 9.19. The summed E-state index contributed by atoms with van der Waals surface area (Å²) in [5.41, 5.74) is 0.357. The summed E-state index contributed by atoms with van der Waals surface area (Å²) < 4.78 is 6.23. The van der Waals surface area contributed by atoms with E-state index in [1.54, 1.807) is 26.3 Å². The lowest BCUT2D eigenvalue weighted by Crippen LogP contribution is -2.46. The maximum Gasteiger partial charge on any atom is 0.251 e. The van der Waals surface area contributed by atoms with Crippen molar-refractivity contribution in [3.63, 3.8) is 0 Å². The van der Waals surface area contributed by atoms with Crippen LogP contribution in [0.4, 0.5) is 0 Å². The Balaban J connectivity index is 0.00000529. The highest BCUT2D eigenvalue weighted by molar-refractivity contribution is 14.0. The summed E-state index contributed by atoms with van der Waals surface area (Å²) in [6, 6.07) is 7.28. The van der Waals surface area contributed by atoms with Crippen molar-refractivity contribution in [3.05, 3.63) is 34.3 Å². The number of aliphatic imine (C=N–C) groups is 1. The van der Waals surface area contributed by atoms with E-state index in [1.165, 1.54) is 0 Å². The summed E-state index contributed by atoms with van der Waals surface area (Å²) in [5.74, 6) is 0.573. The molecule has 0 atom stereocenters. The Morgan fingerprint density at radius 3 is 2.50 bits per heavy atom. The zero-order valence-corrected chi connectivity index (χ0v) is 18.4. The van der Waals surface area contributed by atoms with E-state index < -0.39 is 0 Å². The van der Waals surface area contributed by atoms with Crippen molar-refractivity contribution >= 4 is 51.8 Å². The van der Waals surface area contributed by atoms with Gasteiger partial charge in [0.25, 0.3) is 5.91 Å². The van der Waals surface area contributed by atoms with E-state index in [4.69, 9.17) is 4.74 Å². The molecule has 6 nitrogen and oxygen atoms in total. The lowest BCUT2D eigenvalue weighted by atomic mass is 10.1. The Bertz CT molecular complexity index is 553. The lowest BCUT2D eigenvalue weighted by Gasteiger charge is -2.24. The summed E-state index contributed by atoms with van der Waals surface area (Å²) in [6.07, 6.45) is 0. The van der Waals surface area contributed by atoms with Crippen LogP contribution in [0.3, 0.4) is 0 Å². The maximum absolute atomic E-state index is 12.0. The van der Waals surface area contributed by atoms with E-state index in [2.05, 4.69) is 36.9 Å². The van der Waals surface area contributed by atoms with Gasteiger partial charge in [-0.1, -0.05) is 22.0 Å². The third-order valence-electron chi connectivity index (χ3n) is 3.25. The average molecular weight is 513 g/mol. The second kappa shape index (κ2) is 11.6. The molecular formula is C16H26BrIN4O2. The smallest absolute Gasteiger partial charge is 0.251 e. The van der Waals surface area contributed by atoms with E-state index >= 15 is 0 Å². The van der Waals surface area contributed by atoms with Crippen LogP contribution in [-0.2, 0) is 4.74 Å². The van der Waals surface area contributed by atoms with E-state index in [0.717, 1.165) is 4.47 Å². The molecule has 1 aromatic rings. The zero-order valence-electron chi connectivity index (χ0n) is 14.5. The molecule has 0 spiro atoms. The predicted octanol–water partition coefficient (Wildman–Crippen LogP) is 2.39. The van der Waals surface area contributed by atoms with Gasteiger partial charge in [0, 0.05) is 43.8 Å². The molecule has 0 saturated carbocycles. The average Bonchev–Trinajstić information content (AvgIpc) is 2.54. The third kappa shape index (κ3) is 8.84. The Labute approximate surface area is 169 Å². The molecular weight excluding hydrogens is 487 g/mol. The zero-order chi connectivity index (χ0) is 17.3. The van der Waals surface area contributed by atoms with Crippen molar-refractivity contribution in [2.75, 3.05) is 33.8 Å². The third-order valence-corrected chi connectivity index (χ3v) is 3.74. The number of rotatable bonds is 7. The van der Waals surface area contributed by atoms with Crippen molar-refractivity contribution in [2.24, 2.45) is 4.99 Å². The van der Waals surface area contributed by atoms with Crippen molar-refractivity contribution in [1.29, 1.82) is 0 Å². The molecule has 0 unspecified atom stereocenters. The normalized spacial score (nSPS) is 11.5. The number of ether oxygens (including phenoxy) is 1. The molecule has 0 aromatic heterocycles. The van der Waals surface area contributed by atoms with Gasteiger partial charge in [-0.2, -0.15) is 0 Å². The first kappa shape index (κ1) is 23.1. The van der Waals surface area contributed by atoms with Gasteiger partial charge in [0.1, 0.15) is 0 Å². The molecule has 1 rings (SSSR count). The van der Waals surface area contributed by atoms with Crippen molar-refractivity contribution in [2.45, 2.75) is 19.4 Å². The number of benzene rings is 1. The number of amides is 1. The molecule has 136 valence electrons. The van der Waals surface area contributed by atoms with Gasteiger partial charge >= 0.3 is 0 Å². The molecule has 0 fully saturated rings. The van der Waals surface area contributed by atoms with Gasteiger partial charge in [-0.05, 0) is 32.0 Å². The number of carbonyl (C=O) groups is 1. The Hall–Kier alpha value is -0.870. The monoisotopic (exact) mass is 512 g/mol. The van der Waals surface area contributed by atoms with Crippen molar-refractivity contribution in [1.82, 2.24) is 16.0 Å². The summed E-state index contributed by atoms with van der Waals surface area (Å²) in [6.45, 7) is 5.69. The van der Waals surface area contributed by atoms with Gasteiger partial charge in [-0.3, -0.25) is 9.79 Å². The highest BCUT2D eigenvalue weighted by atomic mass is 127. The first-order valence-corrected chi connectivity index (χ1v) is 8.20. The number of hydrogen-bond donors (Lipinski definition) is 3. The fourth-order valence-electron chi connectivity index (χ4n) is 1.68. The van der Waals surface area contributed by atoms with Crippen molar-refractivity contribution in [3.8, 4) is 0 Å². The van der Waals surface area contributed by atoms with Crippen LogP contribution in [0.2, 0.25) is 0 Å². The SMILES string of the molecule is CN=C(NCCNC(=O)c1cccc(Br)c1)NCC(C)(C)OC.I. The van der Waals surface area contributed by atoms with Gasteiger partial charge in [0.05, 0.1) is 5.60 Å². The molecule has 0 aliphatic heterocycles. The first-order valence-electron chi connectivity index (χ1n) is 7.41. The molecule has 8 heteroatoms. The number of nitrogens with zero attached hydrogens (tertiary/aromatic N) is 1. The van der Waals surface area contributed by atoms with Crippen LogP contribution in [0.1, 0.15) is 24.2 Å². The van der Waals surface area contributed by atoms with Gasteiger partial charge in [-0.15, -0.1) is 24.0 Å². The second-order valence-corrected chi connectivity index (χ2v) is 6.50. The number of methoxy groups -OCH3 is 1. The molecule has 0 saturated heterocycles. The van der Waals surface area contributed by atoms with Crippen LogP contribution in [0, 0.1) is 0 Å². The molecule has 24 heavy (non-hydrogen) atoms. The van der Waals surface area contributed by atoms with Crippen molar-refractivity contribution < 1.29 is 9.53 Å². The quantitative estimate of drug-likeness (QED) is 0.227. The summed E-state index contributed by atoms with van der Waals surface area (Å²) in [4.78, 5) is 16.1. The van der Waals surface area contributed by atoms with Crippen LogP contribution in [0.5, 0.6) is 0 Å². The summed E-state index contributed by atoms with van der Waals surface area (Å²) >= 11 is 3.35. The van der Waals surface area contributed by atoms with Crippen LogP contribution in [0.25, 0.3) is 0 Å². The van der Waals surface area contributed by atoms with Crippen LogP contribution >= 0.6 is 39.9 Å². The fraction of sp³-hybridized carbons (Fsp3) is 0.500. The molecule has 0 aliphatic rings. The Morgan fingerprint density at radius 1 is 1.25 bits per heavy atom. The molecule has 0 bridgehead atoms. The largest absolute Gasteiger partial charge is 0.377 e. The molecule has 1 amide bonds.